The molecule has 0 bridgehead atoms. The van der Waals surface area contributed by atoms with Gasteiger partial charge in [0.1, 0.15) is 12.4 Å². The average Bonchev–Trinajstić information content (AvgIpc) is 2.64. The van der Waals surface area contributed by atoms with Crippen LogP contribution in [-0.2, 0) is 13.2 Å². The van der Waals surface area contributed by atoms with E-state index >= 15 is 0 Å². The number of benzene rings is 3. The first kappa shape index (κ1) is 17.5. The van der Waals surface area contributed by atoms with Crippen molar-refractivity contribution in [1.29, 1.82) is 0 Å². The summed E-state index contributed by atoms with van der Waals surface area (Å²) < 4.78 is 6.17. The highest BCUT2D eigenvalue weighted by Crippen LogP contribution is 2.28. The summed E-state index contributed by atoms with van der Waals surface area (Å²) in [6.45, 7) is 6.97. The van der Waals surface area contributed by atoms with Crippen LogP contribution in [0.15, 0.2) is 66.7 Å². The first-order chi connectivity index (χ1) is 12.2. The number of hydrogen-bond donors (Lipinski definition) is 1. The van der Waals surface area contributed by atoms with Crippen LogP contribution in [0.5, 0.6) is 5.75 Å². The maximum absolute atomic E-state index is 6.17. The van der Waals surface area contributed by atoms with Crippen molar-refractivity contribution in [1.82, 2.24) is 5.32 Å². The molecule has 0 radical (unpaired) electrons. The molecule has 0 unspecified atom stereocenters. The van der Waals surface area contributed by atoms with Gasteiger partial charge in [0.2, 0.25) is 0 Å². The topological polar surface area (TPSA) is 21.3 Å². The van der Waals surface area contributed by atoms with E-state index in [4.69, 9.17) is 4.74 Å². The Hall–Kier alpha value is -2.32. The van der Waals surface area contributed by atoms with Crippen LogP contribution in [0.4, 0.5) is 0 Å². The maximum Gasteiger partial charge on any atom is 0.124 e. The highest BCUT2D eigenvalue weighted by Gasteiger charge is 2.09. The van der Waals surface area contributed by atoms with E-state index in [1.54, 1.807) is 0 Å². The zero-order valence-electron chi connectivity index (χ0n) is 15.2. The van der Waals surface area contributed by atoms with Gasteiger partial charge in [0.05, 0.1) is 0 Å². The molecule has 0 aromatic heterocycles. The monoisotopic (exact) mass is 333 g/mol. The molecule has 0 spiro atoms. The van der Waals surface area contributed by atoms with Crippen molar-refractivity contribution >= 4 is 10.8 Å². The van der Waals surface area contributed by atoms with Crippen LogP contribution < -0.4 is 10.1 Å². The Kier molecular flexibility index (Phi) is 6.08. The highest BCUT2D eigenvalue weighted by molar-refractivity contribution is 5.87. The summed E-state index contributed by atoms with van der Waals surface area (Å²) in [5.41, 5.74) is 2.44. The number of fused-ring (bicyclic) bond motifs is 1. The zero-order chi connectivity index (χ0) is 17.5. The van der Waals surface area contributed by atoms with E-state index in [0.29, 0.717) is 12.5 Å². The lowest BCUT2D eigenvalue weighted by Gasteiger charge is -2.15. The van der Waals surface area contributed by atoms with E-state index in [0.717, 1.165) is 18.8 Å². The van der Waals surface area contributed by atoms with Gasteiger partial charge in [-0.1, -0.05) is 74.5 Å². The largest absolute Gasteiger partial charge is 0.489 e. The molecule has 1 N–H and O–H groups in total. The van der Waals surface area contributed by atoms with Gasteiger partial charge in [-0.15, -0.1) is 0 Å². The Morgan fingerprint density at radius 3 is 2.44 bits per heavy atom. The molecule has 2 heteroatoms. The summed E-state index contributed by atoms with van der Waals surface area (Å²) in [6.07, 6.45) is 1.19. The predicted octanol–water partition coefficient (Wildman–Crippen LogP) is 5.55. The lowest BCUT2D eigenvalue weighted by molar-refractivity contribution is 0.302. The summed E-state index contributed by atoms with van der Waals surface area (Å²) in [7, 11) is 0. The fraction of sp³-hybridized carbons (Fsp3) is 0.304. The van der Waals surface area contributed by atoms with Crippen LogP contribution in [0.3, 0.4) is 0 Å². The van der Waals surface area contributed by atoms with E-state index in [-0.39, 0.29) is 0 Å². The van der Waals surface area contributed by atoms with Crippen LogP contribution in [0.1, 0.15) is 31.4 Å². The van der Waals surface area contributed by atoms with Gasteiger partial charge in [0.15, 0.2) is 0 Å². The standard InChI is InChI=1S/C23H27NO/c1-18(2)14-15-24-16-22-21-11-7-6-10-20(21)12-13-23(22)25-17-19-8-4-3-5-9-19/h3-13,18,24H,14-17H2,1-2H3. The summed E-state index contributed by atoms with van der Waals surface area (Å²) in [5, 5.41) is 6.11. The van der Waals surface area contributed by atoms with Crippen LogP contribution >= 0.6 is 0 Å². The minimum atomic E-state index is 0.595. The van der Waals surface area contributed by atoms with Gasteiger partial charge in [-0.25, -0.2) is 0 Å². The van der Waals surface area contributed by atoms with E-state index in [9.17, 15) is 0 Å². The van der Waals surface area contributed by atoms with Gasteiger partial charge in [-0.05, 0) is 41.3 Å². The zero-order valence-corrected chi connectivity index (χ0v) is 15.2. The molecular weight excluding hydrogens is 306 g/mol. The first-order valence-electron chi connectivity index (χ1n) is 9.12. The molecule has 3 aromatic carbocycles. The van der Waals surface area contributed by atoms with E-state index < -0.39 is 0 Å². The van der Waals surface area contributed by atoms with Crippen LogP contribution in [0.25, 0.3) is 10.8 Å². The van der Waals surface area contributed by atoms with Crippen molar-refractivity contribution in [3.8, 4) is 5.75 Å². The molecule has 0 aliphatic heterocycles. The Balaban J connectivity index is 1.79. The molecule has 0 aliphatic carbocycles. The molecule has 0 atom stereocenters. The van der Waals surface area contributed by atoms with E-state index in [1.165, 1.54) is 28.3 Å². The molecule has 3 aromatic rings. The van der Waals surface area contributed by atoms with Crippen LogP contribution in [0.2, 0.25) is 0 Å². The van der Waals surface area contributed by atoms with Gasteiger partial charge in [-0.3, -0.25) is 0 Å². The molecule has 0 saturated carbocycles. The fourth-order valence-corrected chi connectivity index (χ4v) is 2.97. The molecule has 0 heterocycles. The Morgan fingerprint density at radius 1 is 0.880 bits per heavy atom. The molecule has 0 saturated heterocycles. The molecule has 3 rings (SSSR count). The van der Waals surface area contributed by atoms with Crippen LogP contribution in [0, 0.1) is 5.92 Å². The molecule has 0 aliphatic rings. The lowest BCUT2D eigenvalue weighted by atomic mass is 10.0. The van der Waals surface area contributed by atoms with Crippen molar-refractivity contribution < 1.29 is 4.74 Å². The number of hydrogen-bond acceptors (Lipinski definition) is 2. The van der Waals surface area contributed by atoms with Gasteiger partial charge in [0.25, 0.3) is 0 Å². The summed E-state index contributed by atoms with van der Waals surface area (Å²) in [4.78, 5) is 0. The van der Waals surface area contributed by atoms with Crippen molar-refractivity contribution in [2.75, 3.05) is 6.54 Å². The fourth-order valence-electron chi connectivity index (χ4n) is 2.97. The second-order valence-corrected chi connectivity index (χ2v) is 6.90. The van der Waals surface area contributed by atoms with Gasteiger partial charge in [-0.2, -0.15) is 0 Å². The summed E-state index contributed by atoms with van der Waals surface area (Å²) >= 11 is 0. The number of rotatable bonds is 8. The molecule has 0 amide bonds. The van der Waals surface area contributed by atoms with Crippen molar-refractivity contribution in [3.05, 3.63) is 77.9 Å². The van der Waals surface area contributed by atoms with Gasteiger partial charge >= 0.3 is 0 Å². The smallest absolute Gasteiger partial charge is 0.124 e. The molecule has 130 valence electrons. The highest BCUT2D eigenvalue weighted by atomic mass is 16.5. The van der Waals surface area contributed by atoms with Crippen molar-refractivity contribution in [2.45, 2.75) is 33.4 Å². The molecule has 2 nitrogen and oxygen atoms in total. The third-order valence-corrected chi connectivity index (χ3v) is 4.44. The third-order valence-electron chi connectivity index (χ3n) is 4.44. The van der Waals surface area contributed by atoms with Crippen molar-refractivity contribution in [2.24, 2.45) is 5.92 Å². The lowest BCUT2D eigenvalue weighted by Crippen LogP contribution is -2.17. The van der Waals surface area contributed by atoms with E-state index in [1.807, 2.05) is 18.2 Å². The normalized spacial score (nSPS) is 11.2. The van der Waals surface area contributed by atoms with Gasteiger partial charge in [0, 0.05) is 12.1 Å². The predicted molar refractivity (Wildman–Crippen MR) is 106 cm³/mol. The third kappa shape index (κ3) is 4.83. The molecule has 0 fully saturated rings. The number of ether oxygens (including phenoxy) is 1. The van der Waals surface area contributed by atoms with Crippen LogP contribution in [-0.4, -0.2) is 6.54 Å². The Bertz CT molecular complexity index is 796. The second-order valence-electron chi connectivity index (χ2n) is 6.90. The average molecular weight is 333 g/mol. The molecular formula is C23H27NO. The second kappa shape index (κ2) is 8.68. The Morgan fingerprint density at radius 2 is 1.64 bits per heavy atom. The van der Waals surface area contributed by atoms with E-state index in [2.05, 4.69) is 67.7 Å². The minimum Gasteiger partial charge on any atom is -0.489 e. The maximum atomic E-state index is 6.17. The van der Waals surface area contributed by atoms with Gasteiger partial charge < -0.3 is 10.1 Å². The molecule has 25 heavy (non-hydrogen) atoms. The summed E-state index contributed by atoms with van der Waals surface area (Å²) in [5.74, 6) is 1.69. The first-order valence-corrected chi connectivity index (χ1v) is 9.12. The SMILES string of the molecule is CC(C)CCNCc1c(OCc2ccccc2)ccc2ccccc12. The number of nitrogens with one attached hydrogen (secondary N) is 1. The minimum absolute atomic E-state index is 0.595. The quantitative estimate of drug-likeness (QED) is 0.545. The summed E-state index contributed by atoms with van der Waals surface area (Å²) in [6, 6.07) is 23.1. The van der Waals surface area contributed by atoms with Crippen molar-refractivity contribution in [3.63, 3.8) is 0 Å². The Labute approximate surface area is 150 Å².